The molecule has 0 aliphatic heterocycles. The van der Waals surface area contributed by atoms with E-state index >= 15 is 0 Å². The number of aromatic nitrogens is 1. The number of nitrogens with zero attached hydrogens (tertiary/aromatic N) is 1. The molecule has 0 atom stereocenters. The number of rotatable bonds is 3. The Labute approximate surface area is 109 Å². The molecule has 0 fully saturated rings. The van der Waals surface area contributed by atoms with Gasteiger partial charge in [0.05, 0.1) is 5.60 Å². The van der Waals surface area contributed by atoms with Crippen LogP contribution in [0.3, 0.4) is 0 Å². The normalized spacial score (nSPS) is 11.1. The maximum Gasteiger partial charge on any atom is 0.320 e. The van der Waals surface area contributed by atoms with Gasteiger partial charge in [-0.05, 0) is 48.3 Å². The molecule has 1 rings (SSSR count). The predicted octanol–water partition coefficient (Wildman–Crippen LogP) is 2.04. The van der Waals surface area contributed by atoms with Gasteiger partial charge in [0.2, 0.25) is 0 Å². The molecule has 17 heavy (non-hydrogen) atoms. The average Bonchev–Trinajstić information content (AvgIpc) is 2.20. The van der Waals surface area contributed by atoms with Crippen molar-refractivity contribution >= 4 is 27.8 Å². The molecule has 5 nitrogen and oxygen atoms in total. The summed E-state index contributed by atoms with van der Waals surface area (Å²) in [7, 11) is 0. The molecule has 0 aliphatic carbocycles. The van der Waals surface area contributed by atoms with Gasteiger partial charge in [0.15, 0.2) is 0 Å². The summed E-state index contributed by atoms with van der Waals surface area (Å²) in [6, 6.07) is 1.37. The molecule has 1 aromatic heterocycles. The van der Waals surface area contributed by atoms with Crippen LogP contribution in [0, 0.1) is 6.92 Å². The number of carbonyl (C=O) groups is 1. The van der Waals surface area contributed by atoms with E-state index in [1.165, 1.54) is 0 Å². The zero-order chi connectivity index (χ0) is 13.1. The molecule has 3 N–H and O–H groups in total. The van der Waals surface area contributed by atoms with Gasteiger partial charge >= 0.3 is 6.03 Å². The Morgan fingerprint density at radius 3 is 2.76 bits per heavy atom. The van der Waals surface area contributed by atoms with Gasteiger partial charge in [-0.3, -0.25) is 5.32 Å². The highest BCUT2D eigenvalue weighted by Gasteiger charge is 2.14. The third-order valence-electron chi connectivity index (χ3n) is 1.97. The van der Waals surface area contributed by atoms with E-state index in [1.54, 1.807) is 26.1 Å². The highest BCUT2D eigenvalue weighted by atomic mass is 79.9. The minimum absolute atomic E-state index is 0.175. The van der Waals surface area contributed by atoms with Crippen molar-refractivity contribution in [2.45, 2.75) is 26.4 Å². The number of carbonyl (C=O) groups excluding carboxylic acids is 1. The van der Waals surface area contributed by atoms with Crippen LogP contribution in [0.15, 0.2) is 16.7 Å². The zero-order valence-corrected chi connectivity index (χ0v) is 11.6. The van der Waals surface area contributed by atoms with Crippen molar-refractivity contribution in [3.05, 3.63) is 22.3 Å². The van der Waals surface area contributed by atoms with E-state index in [0.717, 1.165) is 10.0 Å². The van der Waals surface area contributed by atoms with Crippen LogP contribution in [0.25, 0.3) is 0 Å². The van der Waals surface area contributed by atoms with Gasteiger partial charge in [-0.15, -0.1) is 0 Å². The lowest BCUT2D eigenvalue weighted by Gasteiger charge is -2.17. The van der Waals surface area contributed by atoms with Gasteiger partial charge in [-0.2, -0.15) is 0 Å². The standard InChI is InChI=1S/C11H16BrN3O2/c1-7-4-9(13-5-8(7)12)15-10(16)14-6-11(2,3)17/h4-5,17H,6H2,1-3H3,(H2,13,14,15,16). The van der Waals surface area contributed by atoms with Gasteiger partial charge in [0, 0.05) is 17.2 Å². The van der Waals surface area contributed by atoms with Gasteiger partial charge in [-0.25, -0.2) is 9.78 Å². The molecule has 0 saturated heterocycles. The highest BCUT2D eigenvalue weighted by molar-refractivity contribution is 9.10. The van der Waals surface area contributed by atoms with Gasteiger partial charge < -0.3 is 10.4 Å². The number of pyridine rings is 1. The second-order valence-corrected chi connectivity index (χ2v) is 5.29. The van der Waals surface area contributed by atoms with Crippen molar-refractivity contribution in [2.75, 3.05) is 11.9 Å². The lowest BCUT2D eigenvalue weighted by molar-refractivity contribution is 0.0826. The Hall–Kier alpha value is -1.14. The lowest BCUT2D eigenvalue weighted by atomic mass is 10.1. The summed E-state index contributed by atoms with van der Waals surface area (Å²) < 4.78 is 0.889. The molecule has 94 valence electrons. The number of aliphatic hydroxyl groups is 1. The number of aryl methyl sites for hydroxylation is 1. The summed E-state index contributed by atoms with van der Waals surface area (Å²) in [6.07, 6.45) is 1.63. The van der Waals surface area contributed by atoms with Crippen molar-refractivity contribution in [1.82, 2.24) is 10.3 Å². The van der Waals surface area contributed by atoms with Crippen molar-refractivity contribution in [1.29, 1.82) is 0 Å². The number of anilines is 1. The molecule has 0 spiro atoms. The molecule has 0 radical (unpaired) electrons. The number of amides is 2. The van der Waals surface area contributed by atoms with Crippen LogP contribution in [0.2, 0.25) is 0 Å². The van der Waals surface area contributed by atoms with Crippen LogP contribution in [0.4, 0.5) is 10.6 Å². The van der Waals surface area contributed by atoms with E-state index in [-0.39, 0.29) is 12.6 Å². The Kier molecular flexibility index (Phi) is 4.47. The summed E-state index contributed by atoms with van der Waals surface area (Å²) in [4.78, 5) is 15.5. The molecule has 0 aliphatic rings. The number of hydrogen-bond acceptors (Lipinski definition) is 3. The Balaban J connectivity index is 2.54. The molecule has 1 heterocycles. The van der Waals surface area contributed by atoms with Crippen LogP contribution < -0.4 is 10.6 Å². The average molecular weight is 302 g/mol. The molecule has 1 aromatic rings. The maximum absolute atomic E-state index is 11.5. The molecule has 0 aromatic carbocycles. The fourth-order valence-electron chi connectivity index (χ4n) is 1.06. The first-order valence-corrected chi connectivity index (χ1v) is 5.96. The Morgan fingerprint density at radius 1 is 1.59 bits per heavy atom. The van der Waals surface area contributed by atoms with Crippen LogP contribution in [-0.4, -0.2) is 28.3 Å². The predicted molar refractivity (Wildman–Crippen MR) is 70.0 cm³/mol. The summed E-state index contributed by atoms with van der Waals surface area (Å²) in [5.74, 6) is 0.471. The van der Waals surface area contributed by atoms with Gasteiger partial charge in [-0.1, -0.05) is 0 Å². The largest absolute Gasteiger partial charge is 0.389 e. The molecule has 2 amide bonds. The minimum Gasteiger partial charge on any atom is -0.389 e. The minimum atomic E-state index is -0.930. The van der Waals surface area contributed by atoms with Crippen molar-refractivity contribution < 1.29 is 9.90 Å². The SMILES string of the molecule is Cc1cc(NC(=O)NCC(C)(C)O)ncc1Br. The Morgan fingerprint density at radius 2 is 2.24 bits per heavy atom. The van der Waals surface area contributed by atoms with E-state index in [9.17, 15) is 9.90 Å². The van der Waals surface area contributed by atoms with E-state index in [4.69, 9.17) is 0 Å². The Bertz CT molecular complexity index is 416. The fourth-order valence-corrected chi connectivity index (χ4v) is 1.28. The van der Waals surface area contributed by atoms with Crippen LogP contribution in [0.5, 0.6) is 0 Å². The summed E-state index contributed by atoms with van der Waals surface area (Å²) in [6.45, 7) is 5.32. The van der Waals surface area contributed by atoms with Crippen LogP contribution in [0.1, 0.15) is 19.4 Å². The molecule has 0 unspecified atom stereocenters. The highest BCUT2D eigenvalue weighted by Crippen LogP contribution is 2.16. The third kappa shape index (κ3) is 5.14. The third-order valence-corrected chi connectivity index (χ3v) is 2.80. The zero-order valence-electron chi connectivity index (χ0n) is 10.0. The van der Waals surface area contributed by atoms with E-state index in [2.05, 4.69) is 31.5 Å². The molecule has 0 saturated carbocycles. The van der Waals surface area contributed by atoms with E-state index in [1.807, 2.05) is 6.92 Å². The lowest BCUT2D eigenvalue weighted by Crippen LogP contribution is -2.40. The fraction of sp³-hybridized carbons (Fsp3) is 0.455. The number of nitrogens with one attached hydrogen (secondary N) is 2. The topological polar surface area (TPSA) is 74.2 Å². The van der Waals surface area contributed by atoms with Crippen LogP contribution >= 0.6 is 15.9 Å². The van der Waals surface area contributed by atoms with Gasteiger partial charge in [0.25, 0.3) is 0 Å². The number of urea groups is 1. The van der Waals surface area contributed by atoms with Gasteiger partial charge in [0.1, 0.15) is 5.82 Å². The van der Waals surface area contributed by atoms with Crippen LogP contribution in [-0.2, 0) is 0 Å². The number of hydrogen-bond donors (Lipinski definition) is 3. The quantitative estimate of drug-likeness (QED) is 0.800. The van der Waals surface area contributed by atoms with Crippen molar-refractivity contribution in [3.63, 3.8) is 0 Å². The summed E-state index contributed by atoms with van der Waals surface area (Å²) in [5.41, 5.74) is 0.0539. The molecule has 0 bridgehead atoms. The number of halogens is 1. The first kappa shape index (κ1) is 13.9. The monoisotopic (exact) mass is 301 g/mol. The molecule has 6 heteroatoms. The summed E-state index contributed by atoms with van der Waals surface area (Å²) >= 11 is 3.33. The maximum atomic E-state index is 11.5. The second kappa shape index (κ2) is 5.46. The first-order chi connectivity index (χ1) is 7.78. The van der Waals surface area contributed by atoms with E-state index < -0.39 is 5.60 Å². The molecular weight excluding hydrogens is 286 g/mol. The summed E-state index contributed by atoms with van der Waals surface area (Å²) in [5, 5.41) is 14.6. The molecular formula is C11H16BrN3O2. The smallest absolute Gasteiger partial charge is 0.320 e. The first-order valence-electron chi connectivity index (χ1n) is 5.17. The van der Waals surface area contributed by atoms with E-state index in [0.29, 0.717) is 5.82 Å². The van der Waals surface area contributed by atoms with Crippen molar-refractivity contribution in [2.24, 2.45) is 0 Å². The van der Waals surface area contributed by atoms with Crippen molar-refractivity contribution in [3.8, 4) is 0 Å². The second-order valence-electron chi connectivity index (χ2n) is 4.44.